The highest BCUT2D eigenvalue weighted by Crippen LogP contribution is 2.40. The van der Waals surface area contributed by atoms with Gasteiger partial charge >= 0.3 is 0 Å². The van der Waals surface area contributed by atoms with Crippen molar-refractivity contribution in [1.82, 2.24) is 14.8 Å². The Balaban J connectivity index is 1.56. The van der Waals surface area contributed by atoms with Gasteiger partial charge in [-0.2, -0.15) is 0 Å². The number of hydrogen-bond acceptors (Lipinski definition) is 5. The lowest BCUT2D eigenvalue weighted by molar-refractivity contribution is -0.384. The normalized spacial score (nSPS) is 21.8. The molecule has 1 amide bonds. The Hall–Kier alpha value is -2.13. The number of alkyl halides is 3. The van der Waals surface area contributed by atoms with Crippen LogP contribution < -0.4 is 10.9 Å². The fraction of sp³-hybridized carbons (Fsp3) is 0.400. The van der Waals surface area contributed by atoms with Crippen LogP contribution in [0, 0.1) is 16.0 Å². The second-order valence-electron chi connectivity index (χ2n) is 7.87. The van der Waals surface area contributed by atoms with Crippen molar-refractivity contribution in [2.24, 2.45) is 5.92 Å². The molecule has 2 aromatic rings. The van der Waals surface area contributed by atoms with Crippen molar-refractivity contribution in [1.29, 1.82) is 0 Å². The van der Waals surface area contributed by atoms with Gasteiger partial charge in [0.2, 0.25) is 3.79 Å². The maximum Gasteiger partial charge on any atom is 0.269 e. The van der Waals surface area contributed by atoms with Crippen molar-refractivity contribution in [2.75, 3.05) is 13.1 Å². The maximum absolute atomic E-state index is 12.8. The van der Waals surface area contributed by atoms with Crippen molar-refractivity contribution < 1.29 is 9.72 Å². The molecule has 164 valence electrons. The molecule has 0 radical (unpaired) electrons. The average Bonchev–Trinajstić information content (AvgIpc) is 2.71. The average molecular weight is 486 g/mol. The van der Waals surface area contributed by atoms with E-state index in [0.717, 1.165) is 12.1 Å². The highest BCUT2D eigenvalue weighted by atomic mass is 35.6. The van der Waals surface area contributed by atoms with Crippen LogP contribution in [0.5, 0.6) is 0 Å². The first-order valence-corrected chi connectivity index (χ1v) is 10.8. The van der Waals surface area contributed by atoms with Crippen LogP contribution in [0.2, 0.25) is 0 Å². The monoisotopic (exact) mass is 484 g/mol. The smallest absolute Gasteiger partial charge is 0.269 e. The van der Waals surface area contributed by atoms with Crippen molar-refractivity contribution in [3.05, 3.63) is 74.2 Å². The van der Waals surface area contributed by atoms with E-state index < -0.39 is 20.8 Å². The molecule has 0 spiro atoms. The quantitative estimate of drug-likeness (QED) is 0.407. The number of aromatic nitrogens is 1. The van der Waals surface area contributed by atoms with Gasteiger partial charge in [0, 0.05) is 55.0 Å². The Morgan fingerprint density at radius 3 is 2.48 bits per heavy atom. The highest BCUT2D eigenvalue weighted by molar-refractivity contribution is 6.68. The van der Waals surface area contributed by atoms with Gasteiger partial charge in [-0.25, -0.2) is 0 Å². The third-order valence-corrected chi connectivity index (χ3v) is 6.41. The third kappa shape index (κ3) is 4.57. The first-order valence-electron chi connectivity index (χ1n) is 9.69. The standard InChI is InChI=1S/C20H19Cl3N4O4/c21-20(22,23)19(24-18(29)13-4-6-15(7-5-13)27(30)31)25-9-12-8-14(11-25)16-2-1-3-17(28)26(16)10-12/h1-7,12,14,19H,8-11H2,(H,24,29)/t12-,14+,19-/m1/s1. The number of non-ortho nitro benzene ring substituents is 1. The molecule has 3 heterocycles. The van der Waals surface area contributed by atoms with Crippen molar-refractivity contribution in [2.45, 2.75) is 28.8 Å². The van der Waals surface area contributed by atoms with E-state index in [1.165, 1.54) is 24.3 Å². The number of nitro benzene ring substituents is 1. The van der Waals surface area contributed by atoms with Crippen molar-refractivity contribution >= 4 is 46.4 Å². The SMILES string of the molecule is O=C(N[C@H](N1C[C@H]2C[C@@H](C1)c1cccc(=O)n1C2)C(Cl)(Cl)Cl)c1ccc([N+](=O)[O-])cc1. The zero-order valence-electron chi connectivity index (χ0n) is 16.2. The van der Waals surface area contributed by atoms with Crippen molar-refractivity contribution in [3.8, 4) is 0 Å². The number of piperidine rings is 1. The van der Waals surface area contributed by atoms with Gasteiger partial charge in [0.1, 0.15) is 6.17 Å². The molecule has 2 bridgehead atoms. The predicted octanol–water partition coefficient (Wildman–Crippen LogP) is 3.30. The van der Waals surface area contributed by atoms with E-state index in [9.17, 15) is 19.7 Å². The third-order valence-electron chi connectivity index (χ3n) is 5.79. The van der Waals surface area contributed by atoms with E-state index >= 15 is 0 Å². The van der Waals surface area contributed by atoms with E-state index in [4.69, 9.17) is 34.8 Å². The second-order valence-corrected chi connectivity index (χ2v) is 10.2. The number of hydrogen-bond donors (Lipinski definition) is 1. The number of benzene rings is 1. The molecular formula is C20H19Cl3N4O4. The minimum Gasteiger partial charge on any atom is -0.332 e. The molecular weight excluding hydrogens is 467 g/mol. The summed E-state index contributed by atoms with van der Waals surface area (Å²) in [6.07, 6.45) is 0.00973. The summed E-state index contributed by atoms with van der Waals surface area (Å²) in [6.45, 7) is 1.64. The number of carbonyl (C=O) groups is 1. The molecule has 0 saturated carbocycles. The summed E-state index contributed by atoms with van der Waals surface area (Å²) in [6, 6.07) is 10.4. The van der Waals surface area contributed by atoms with Crippen molar-refractivity contribution in [3.63, 3.8) is 0 Å². The van der Waals surface area contributed by atoms with Crippen LogP contribution in [0.15, 0.2) is 47.3 Å². The van der Waals surface area contributed by atoms with Crippen LogP contribution in [0.3, 0.4) is 0 Å². The number of carbonyl (C=O) groups excluding carboxylic acids is 1. The molecule has 2 aliphatic rings. The Kier molecular flexibility index (Phi) is 6.00. The molecule has 1 N–H and O–H groups in total. The van der Waals surface area contributed by atoms with E-state index in [2.05, 4.69) is 5.32 Å². The molecule has 1 fully saturated rings. The Bertz CT molecular complexity index is 1070. The zero-order valence-corrected chi connectivity index (χ0v) is 18.5. The second kappa shape index (κ2) is 8.43. The predicted molar refractivity (Wildman–Crippen MR) is 118 cm³/mol. The van der Waals surface area contributed by atoms with Crippen LogP contribution >= 0.6 is 34.8 Å². The van der Waals surface area contributed by atoms with Crippen LogP contribution in [-0.2, 0) is 6.54 Å². The van der Waals surface area contributed by atoms with Gasteiger partial charge in [-0.15, -0.1) is 0 Å². The Morgan fingerprint density at radius 1 is 1.13 bits per heavy atom. The number of nitrogens with zero attached hydrogens (tertiary/aromatic N) is 3. The van der Waals surface area contributed by atoms with Gasteiger partial charge in [0.25, 0.3) is 17.2 Å². The van der Waals surface area contributed by atoms with Crippen LogP contribution in [0.1, 0.15) is 28.4 Å². The minimum absolute atomic E-state index is 0.0231. The Morgan fingerprint density at radius 2 is 1.84 bits per heavy atom. The zero-order chi connectivity index (χ0) is 22.3. The molecule has 8 nitrogen and oxygen atoms in total. The summed E-state index contributed by atoms with van der Waals surface area (Å²) < 4.78 is -0.00555. The first kappa shape index (κ1) is 22.1. The van der Waals surface area contributed by atoms with Gasteiger partial charge in [0.15, 0.2) is 0 Å². The number of halogens is 3. The van der Waals surface area contributed by atoms with Crippen LogP contribution in [0.25, 0.3) is 0 Å². The largest absolute Gasteiger partial charge is 0.332 e. The molecule has 3 atom stereocenters. The lowest BCUT2D eigenvalue weighted by Gasteiger charge is -2.47. The lowest BCUT2D eigenvalue weighted by Crippen LogP contribution is -2.60. The van der Waals surface area contributed by atoms with Gasteiger partial charge in [-0.3, -0.25) is 24.6 Å². The highest BCUT2D eigenvalue weighted by Gasteiger charge is 2.44. The number of fused-ring (bicyclic) bond motifs is 4. The molecule has 1 aromatic heterocycles. The number of pyridine rings is 1. The summed E-state index contributed by atoms with van der Waals surface area (Å²) in [5.41, 5.74) is 1.02. The van der Waals surface area contributed by atoms with E-state index in [1.807, 2.05) is 11.0 Å². The lowest BCUT2D eigenvalue weighted by atomic mass is 9.83. The van der Waals surface area contributed by atoms with Gasteiger partial charge < -0.3 is 9.88 Å². The molecule has 11 heteroatoms. The van der Waals surface area contributed by atoms with Gasteiger partial charge in [-0.05, 0) is 30.5 Å². The van der Waals surface area contributed by atoms with Crippen LogP contribution in [-0.4, -0.2) is 43.3 Å². The Labute approximate surface area is 192 Å². The summed E-state index contributed by atoms with van der Waals surface area (Å²) in [5, 5.41) is 13.6. The van der Waals surface area contributed by atoms with Gasteiger partial charge in [0.05, 0.1) is 4.92 Å². The topological polar surface area (TPSA) is 97.5 Å². The summed E-state index contributed by atoms with van der Waals surface area (Å²) >= 11 is 18.7. The molecule has 0 aliphatic carbocycles. The first-order chi connectivity index (χ1) is 14.6. The molecule has 0 unspecified atom stereocenters. The van der Waals surface area contributed by atoms with E-state index in [0.29, 0.717) is 19.6 Å². The molecule has 1 aromatic carbocycles. The summed E-state index contributed by atoms with van der Waals surface area (Å²) in [4.78, 5) is 37.2. The number of nitrogens with one attached hydrogen (secondary N) is 1. The summed E-state index contributed by atoms with van der Waals surface area (Å²) in [5.74, 6) is -0.247. The minimum atomic E-state index is -1.81. The summed E-state index contributed by atoms with van der Waals surface area (Å²) in [7, 11) is 0. The number of likely N-dealkylation sites (tertiary alicyclic amines) is 1. The maximum atomic E-state index is 12.8. The number of nitro groups is 1. The molecule has 1 saturated heterocycles. The van der Waals surface area contributed by atoms with E-state index in [-0.39, 0.29) is 28.6 Å². The van der Waals surface area contributed by atoms with Gasteiger partial charge in [-0.1, -0.05) is 40.9 Å². The number of amides is 1. The van der Waals surface area contributed by atoms with Crippen LogP contribution in [0.4, 0.5) is 5.69 Å². The fourth-order valence-corrected chi connectivity index (χ4v) is 5.04. The van der Waals surface area contributed by atoms with E-state index in [1.54, 1.807) is 16.7 Å². The molecule has 31 heavy (non-hydrogen) atoms. The molecule has 2 aliphatic heterocycles. The fourth-order valence-electron chi connectivity index (χ4n) is 4.47. The molecule has 4 rings (SSSR count). The number of rotatable bonds is 4.